The standard InChI is InChI=1S/C18H33N5S/c1-13(2)9-22-11-15(7-5-6-8-19)20-18(24)17-16(22)12-23(21-17)10-14(3)4/h12-15H,5-11,19H2,1-4H3,(H,20,24)/t15-/m0/s1. The Bertz CT molecular complexity index is 538. The van der Waals surface area contributed by atoms with E-state index in [1.54, 1.807) is 0 Å². The highest BCUT2D eigenvalue weighted by Gasteiger charge is 2.27. The maximum absolute atomic E-state index is 5.66. The molecule has 0 aromatic carbocycles. The van der Waals surface area contributed by atoms with Crippen LogP contribution in [0.2, 0.25) is 0 Å². The molecule has 1 aromatic heterocycles. The number of hydrogen-bond acceptors (Lipinski definition) is 4. The summed E-state index contributed by atoms with van der Waals surface area (Å²) in [5.41, 5.74) is 7.76. The minimum Gasteiger partial charge on any atom is -0.370 e. The second kappa shape index (κ2) is 8.81. The maximum Gasteiger partial charge on any atom is 0.143 e. The molecule has 1 aliphatic rings. The molecule has 1 atom stereocenters. The van der Waals surface area contributed by atoms with Crippen LogP contribution in [-0.4, -0.2) is 40.4 Å². The van der Waals surface area contributed by atoms with Gasteiger partial charge in [0.25, 0.3) is 0 Å². The summed E-state index contributed by atoms with van der Waals surface area (Å²) in [6, 6.07) is 0.371. The molecule has 1 aliphatic heterocycles. The van der Waals surface area contributed by atoms with Gasteiger partial charge in [-0.15, -0.1) is 0 Å². The second-order valence-electron chi connectivity index (χ2n) is 7.73. The Morgan fingerprint density at radius 2 is 1.96 bits per heavy atom. The molecule has 0 saturated carbocycles. The zero-order valence-electron chi connectivity index (χ0n) is 15.6. The van der Waals surface area contributed by atoms with Gasteiger partial charge in [-0.3, -0.25) is 4.68 Å². The molecular formula is C18H33N5S. The lowest BCUT2D eigenvalue weighted by molar-refractivity contribution is 0.479. The third kappa shape index (κ3) is 5.18. The lowest BCUT2D eigenvalue weighted by Crippen LogP contribution is -2.41. The van der Waals surface area contributed by atoms with E-state index < -0.39 is 0 Å². The monoisotopic (exact) mass is 351 g/mol. The summed E-state index contributed by atoms with van der Waals surface area (Å²) in [6.07, 6.45) is 5.48. The molecule has 2 rings (SSSR count). The molecule has 1 aromatic rings. The number of nitrogens with zero attached hydrogens (tertiary/aromatic N) is 3. The molecule has 0 radical (unpaired) electrons. The van der Waals surface area contributed by atoms with Crippen LogP contribution in [0.5, 0.6) is 0 Å². The summed E-state index contributed by atoms with van der Waals surface area (Å²) in [6.45, 7) is 12.6. The molecule has 0 unspecified atom stereocenters. The van der Waals surface area contributed by atoms with Crippen molar-refractivity contribution in [1.29, 1.82) is 0 Å². The number of fused-ring (bicyclic) bond motifs is 1. The lowest BCUT2D eigenvalue weighted by atomic mass is 10.1. The van der Waals surface area contributed by atoms with E-state index in [4.69, 9.17) is 23.1 Å². The van der Waals surface area contributed by atoms with Gasteiger partial charge in [-0.1, -0.05) is 46.3 Å². The Hall–Kier alpha value is -1.14. The van der Waals surface area contributed by atoms with Crippen LogP contribution in [0.15, 0.2) is 6.20 Å². The minimum atomic E-state index is 0.371. The van der Waals surface area contributed by atoms with Crippen molar-refractivity contribution in [2.45, 2.75) is 59.5 Å². The second-order valence-corrected chi connectivity index (χ2v) is 8.14. The normalized spacial score (nSPS) is 18.0. The number of nitrogens with one attached hydrogen (secondary N) is 1. The highest BCUT2D eigenvalue weighted by atomic mass is 32.1. The fourth-order valence-electron chi connectivity index (χ4n) is 3.25. The van der Waals surface area contributed by atoms with Crippen molar-refractivity contribution in [3.63, 3.8) is 0 Å². The predicted octanol–water partition coefficient (Wildman–Crippen LogP) is 2.78. The molecule has 0 saturated heterocycles. The summed E-state index contributed by atoms with van der Waals surface area (Å²) in [5, 5.41) is 8.31. The molecule has 0 aliphatic carbocycles. The van der Waals surface area contributed by atoms with E-state index in [0.29, 0.717) is 17.9 Å². The van der Waals surface area contributed by atoms with Crippen molar-refractivity contribution in [3.05, 3.63) is 11.9 Å². The van der Waals surface area contributed by atoms with Gasteiger partial charge in [0.15, 0.2) is 0 Å². The van der Waals surface area contributed by atoms with Gasteiger partial charge in [-0.05, 0) is 31.2 Å². The van der Waals surface area contributed by atoms with E-state index in [-0.39, 0.29) is 0 Å². The number of unbranched alkanes of at least 4 members (excludes halogenated alkanes) is 1. The van der Waals surface area contributed by atoms with Gasteiger partial charge in [-0.2, -0.15) is 5.10 Å². The Kier molecular flexibility index (Phi) is 7.04. The van der Waals surface area contributed by atoms with Gasteiger partial charge in [0.05, 0.1) is 5.69 Å². The smallest absolute Gasteiger partial charge is 0.143 e. The summed E-state index contributed by atoms with van der Waals surface area (Å²) < 4.78 is 2.05. The molecule has 5 nitrogen and oxygen atoms in total. The summed E-state index contributed by atoms with van der Waals surface area (Å²) >= 11 is 5.66. The average Bonchev–Trinajstić information content (AvgIpc) is 2.84. The SMILES string of the molecule is CC(C)CN1C[C@H](CCCCN)NC(=S)c2nn(CC(C)C)cc21. The van der Waals surface area contributed by atoms with Crippen LogP contribution >= 0.6 is 12.2 Å². The van der Waals surface area contributed by atoms with Crippen LogP contribution in [0, 0.1) is 11.8 Å². The first-order chi connectivity index (χ1) is 11.4. The third-order valence-corrected chi connectivity index (χ3v) is 4.53. The summed E-state index contributed by atoms with van der Waals surface area (Å²) in [4.78, 5) is 3.25. The first kappa shape index (κ1) is 19.2. The Morgan fingerprint density at radius 1 is 1.25 bits per heavy atom. The number of rotatable bonds is 8. The van der Waals surface area contributed by atoms with Gasteiger partial charge < -0.3 is 16.0 Å². The first-order valence-electron chi connectivity index (χ1n) is 9.24. The molecule has 0 bridgehead atoms. The molecular weight excluding hydrogens is 318 g/mol. The van der Waals surface area contributed by atoms with Crippen molar-refractivity contribution in [2.75, 3.05) is 24.5 Å². The van der Waals surface area contributed by atoms with Crippen molar-refractivity contribution in [1.82, 2.24) is 15.1 Å². The van der Waals surface area contributed by atoms with Crippen molar-refractivity contribution in [2.24, 2.45) is 17.6 Å². The molecule has 0 spiro atoms. The molecule has 3 N–H and O–H groups in total. The van der Waals surface area contributed by atoms with Crippen molar-refractivity contribution < 1.29 is 0 Å². The minimum absolute atomic E-state index is 0.371. The van der Waals surface area contributed by atoms with E-state index >= 15 is 0 Å². The average molecular weight is 352 g/mol. The third-order valence-electron chi connectivity index (χ3n) is 4.22. The van der Waals surface area contributed by atoms with Crippen LogP contribution in [-0.2, 0) is 6.54 Å². The van der Waals surface area contributed by atoms with E-state index in [9.17, 15) is 0 Å². The lowest BCUT2D eigenvalue weighted by Gasteiger charge is -2.28. The van der Waals surface area contributed by atoms with Crippen molar-refractivity contribution in [3.8, 4) is 0 Å². The highest BCUT2D eigenvalue weighted by molar-refractivity contribution is 7.80. The zero-order chi connectivity index (χ0) is 17.7. The fraction of sp³-hybridized carbons (Fsp3) is 0.778. The molecule has 6 heteroatoms. The number of thiocarbonyl (C=S) groups is 1. The first-order valence-corrected chi connectivity index (χ1v) is 9.64. The zero-order valence-corrected chi connectivity index (χ0v) is 16.4. The number of aromatic nitrogens is 2. The largest absolute Gasteiger partial charge is 0.370 e. The summed E-state index contributed by atoms with van der Waals surface area (Å²) in [7, 11) is 0. The van der Waals surface area contributed by atoms with Gasteiger partial charge in [-0.25, -0.2) is 0 Å². The van der Waals surface area contributed by atoms with Crippen LogP contribution in [0.3, 0.4) is 0 Å². The van der Waals surface area contributed by atoms with Gasteiger partial charge >= 0.3 is 0 Å². The molecule has 0 amide bonds. The molecule has 136 valence electrons. The van der Waals surface area contributed by atoms with Crippen LogP contribution in [0.1, 0.15) is 52.7 Å². The van der Waals surface area contributed by atoms with E-state index in [1.807, 2.05) is 4.68 Å². The maximum atomic E-state index is 5.66. The molecule has 24 heavy (non-hydrogen) atoms. The van der Waals surface area contributed by atoms with E-state index in [1.165, 1.54) is 5.69 Å². The number of anilines is 1. The van der Waals surface area contributed by atoms with Crippen LogP contribution in [0.25, 0.3) is 0 Å². The van der Waals surface area contributed by atoms with Crippen LogP contribution < -0.4 is 16.0 Å². The summed E-state index contributed by atoms with van der Waals surface area (Å²) in [5.74, 6) is 1.17. The molecule has 0 fully saturated rings. The number of hydrogen-bond donors (Lipinski definition) is 2. The quantitative estimate of drug-likeness (QED) is 0.557. The van der Waals surface area contributed by atoms with E-state index in [2.05, 4.69) is 44.1 Å². The highest BCUT2D eigenvalue weighted by Crippen LogP contribution is 2.25. The van der Waals surface area contributed by atoms with Crippen molar-refractivity contribution >= 4 is 22.9 Å². The Morgan fingerprint density at radius 3 is 2.58 bits per heavy atom. The van der Waals surface area contributed by atoms with E-state index in [0.717, 1.165) is 56.1 Å². The predicted molar refractivity (Wildman–Crippen MR) is 106 cm³/mol. The number of nitrogens with two attached hydrogens (primary N) is 1. The van der Waals surface area contributed by atoms with Gasteiger partial charge in [0.1, 0.15) is 10.7 Å². The van der Waals surface area contributed by atoms with Gasteiger partial charge in [0.2, 0.25) is 0 Å². The Balaban J connectivity index is 2.21. The van der Waals surface area contributed by atoms with Crippen LogP contribution in [0.4, 0.5) is 5.69 Å². The molecule has 2 heterocycles. The Labute approximate surface area is 152 Å². The topological polar surface area (TPSA) is 59.1 Å². The van der Waals surface area contributed by atoms with Gasteiger partial charge in [0, 0.05) is 31.9 Å². The fourth-order valence-corrected chi connectivity index (χ4v) is 3.56.